The van der Waals surface area contributed by atoms with E-state index < -0.39 is 0 Å². The van der Waals surface area contributed by atoms with Crippen molar-refractivity contribution in [2.75, 3.05) is 31.9 Å². The van der Waals surface area contributed by atoms with Crippen LogP contribution in [0.5, 0.6) is 0 Å². The molecule has 0 aromatic heterocycles. The van der Waals surface area contributed by atoms with E-state index in [1.54, 1.807) is 12.1 Å². The molecule has 2 aliphatic heterocycles. The highest BCUT2D eigenvalue weighted by Gasteiger charge is 2.32. The van der Waals surface area contributed by atoms with Gasteiger partial charge in [0, 0.05) is 29.3 Å². The van der Waals surface area contributed by atoms with Gasteiger partial charge in [-0.1, -0.05) is 0 Å². The Morgan fingerprint density at radius 2 is 2.00 bits per heavy atom. The van der Waals surface area contributed by atoms with Crippen LogP contribution in [0.25, 0.3) is 0 Å². The van der Waals surface area contributed by atoms with Crippen LogP contribution in [0.2, 0.25) is 0 Å². The Bertz CT molecular complexity index is 514. The molecule has 0 bridgehead atoms. The van der Waals surface area contributed by atoms with E-state index >= 15 is 0 Å². The molecule has 2 N–H and O–H groups in total. The Hall–Kier alpha value is -1.07. The molecule has 2 fully saturated rings. The normalized spacial score (nSPS) is 23.4. The fourth-order valence-corrected chi connectivity index (χ4v) is 3.62. The number of nitrogen functional groups attached to an aromatic ring is 1. The molecule has 1 aromatic carbocycles. The van der Waals surface area contributed by atoms with Crippen LogP contribution in [-0.2, 0) is 0 Å². The predicted molar refractivity (Wildman–Crippen MR) is 83.7 cm³/mol. The van der Waals surface area contributed by atoms with Gasteiger partial charge >= 0.3 is 0 Å². The second-order valence-electron chi connectivity index (χ2n) is 5.68. The zero-order valence-electron chi connectivity index (χ0n) is 11.5. The van der Waals surface area contributed by atoms with Crippen molar-refractivity contribution >= 4 is 27.5 Å². The van der Waals surface area contributed by atoms with Crippen molar-refractivity contribution < 1.29 is 4.79 Å². The standard InChI is InChI=1S/C15H20BrN3O/c16-14-4-3-11(17)9-13(14)15(20)19-8-5-12(10-19)18-6-1-2-7-18/h3-4,9,12H,1-2,5-8,10,17H2. The van der Waals surface area contributed by atoms with E-state index in [0.717, 1.165) is 24.0 Å². The van der Waals surface area contributed by atoms with Gasteiger partial charge in [0.15, 0.2) is 0 Å². The van der Waals surface area contributed by atoms with Crippen molar-refractivity contribution in [3.05, 3.63) is 28.2 Å². The Kier molecular flexibility index (Phi) is 3.98. The molecule has 0 radical (unpaired) electrons. The van der Waals surface area contributed by atoms with Gasteiger partial charge in [-0.05, 0) is 66.5 Å². The number of halogens is 1. The van der Waals surface area contributed by atoms with E-state index in [4.69, 9.17) is 5.73 Å². The van der Waals surface area contributed by atoms with E-state index in [1.807, 2.05) is 11.0 Å². The SMILES string of the molecule is Nc1ccc(Br)c(C(=O)N2CCC(N3CCCC3)C2)c1. The second kappa shape index (κ2) is 5.74. The molecule has 20 heavy (non-hydrogen) atoms. The minimum absolute atomic E-state index is 0.0888. The van der Waals surface area contributed by atoms with Crippen molar-refractivity contribution in [2.45, 2.75) is 25.3 Å². The monoisotopic (exact) mass is 337 g/mol. The molecule has 2 saturated heterocycles. The summed E-state index contributed by atoms with van der Waals surface area (Å²) in [5.41, 5.74) is 7.10. The Balaban J connectivity index is 1.70. The Labute approximate surface area is 128 Å². The maximum Gasteiger partial charge on any atom is 0.255 e. The zero-order valence-corrected chi connectivity index (χ0v) is 13.1. The van der Waals surface area contributed by atoms with E-state index in [1.165, 1.54) is 25.9 Å². The first kappa shape index (κ1) is 13.9. The van der Waals surface area contributed by atoms with Gasteiger partial charge < -0.3 is 10.6 Å². The van der Waals surface area contributed by atoms with Crippen LogP contribution >= 0.6 is 15.9 Å². The summed E-state index contributed by atoms with van der Waals surface area (Å²) in [4.78, 5) is 17.1. The maximum absolute atomic E-state index is 12.6. The van der Waals surface area contributed by atoms with Crippen molar-refractivity contribution in [3.8, 4) is 0 Å². The topological polar surface area (TPSA) is 49.6 Å². The lowest BCUT2D eigenvalue weighted by Gasteiger charge is -2.23. The molecule has 1 amide bonds. The molecule has 2 aliphatic rings. The highest BCUT2D eigenvalue weighted by Crippen LogP contribution is 2.25. The van der Waals surface area contributed by atoms with Crippen molar-refractivity contribution in [2.24, 2.45) is 0 Å². The molecule has 0 spiro atoms. The summed E-state index contributed by atoms with van der Waals surface area (Å²) in [5.74, 6) is 0.0888. The third-order valence-corrected chi connectivity index (χ3v) is 5.02. The molecule has 108 valence electrons. The lowest BCUT2D eigenvalue weighted by Crippen LogP contribution is -2.37. The van der Waals surface area contributed by atoms with Gasteiger partial charge in [-0.15, -0.1) is 0 Å². The van der Waals surface area contributed by atoms with Crippen LogP contribution in [0.1, 0.15) is 29.6 Å². The van der Waals surface area contributed by atoms with Gasteiger partial charge in [-0.25, -0.2) is 0 Å². The van der Waals surface area contributed by atoms with Crippen LogP contribution in [0.4, 0.5) is 5.69 Å². The second-order valence-corrected chi connectivity index (χ2v) is 6.53. The quantitative estimate of drug-likeness (QED) is 0.842. The number of rotatable bonds is 2. The number of carbonyl (C=O) groups is 1. The summed E-state index contributed by atoms with van der Waals surface area (Å²) in [7, 11) is 0. The van der Waals surface area contributed by atoms with Crippen LogP contribution < -0.4 is 5.73 Å². The molecular weight excluding hydrogens is 318 g/mol. The predicted octanol–water partition coefficient (Wildman–Crippen LogP) is 2.34. The highest BCUT2D eigenvalue weighted by atomic mass is 79.9. The van der Waals surface area contributed by atoms with Gasteiger partial charge in [0.2, 0.25) is 0 Å². The van der Waals surface area contributed by atoms with Crippen LogP contribution in [0.15, 0.2) is 22.7 Å². The summed E-state index contributed by atoms with van der Waals surface area (Å²) in [6, 6.07) is 5.95. The van der Waals surface area contributed by atoms with Crippen LogP contribution in [-0.4, -0.2) is 47.9 Å². The van der Waals surface area contributed by atoms with E-state index in [2.05, 4.69) is 20.8 Å². The van der Waals surface area contributed by atoms with E-state index in [0.29, 0.717) is 17.3 Å². The van der Waals surface area contributed by atoms with Gasteiger partial charge in [-0.2, -0.15) is 0 Å². The van der Waals surface area contributed by atoms with E-state index in [9.17, 15) is 4.79 Å². The average Bonchev–Trinajstić information content (AvgIpc) is 3.10. The van der Waals surface area contributed by atoms with E-state index in [-0.39, 0.29) is 5.91 Å². The summed E-state index contributed by atoms with van der Waals surface area (Å²) in [5, 5.41) is 0. The first-order valence-corrected chi connectivity index (χ1v) is 8.03. The van der Waals surface area contributed by atoms with Gasteiger partial charge in [0.05, 0.1) is 5.56 Å². The summed E-state index contributed by atoms with van der Waals surface area (Å²) >= 11 is 3.45. The molecule has 1 unspecified atom stereocenters. The molecule has 5 heteroatoms. The first-order valence-electron chi connectivity index (χ1n) is 7.23. The summed E-state index contributed by atoms with van der Waals surface area (Å²) in [6.07, 6.45) is 3.68. The smallest absolute Gasteiger partial charge is 0.255 e. The van der Waals surface area contributed by atoms with Crippen LogP contribution in [0.3, 0.4) is 0 Å². The number of anilines is 1. The lowest BCUT2D eigenvalue weighted by molar-refractivity contribution is 0.0779. The minimum atomic E-state index is 0.0888. The zero-order chi connectivity index (χ0) is 14.1. The van der Waals surface area contributed by atoms with Crippen molar-refractivity contribution in [3.63, 3.8) is 0 Å². The molecule has 0 aliphatic carbocycles. The number of nitrogens with zero attached hydrogens (tertiary/aromatic N) is 2. The molecule has 1 atom stereocenters. The fourth-order valence-electron chi connectivity index (χ4n) is 3.21. The number of likely N-dealkylation sites (tertiary alicyclic amines) is 2. The average molecular weight is 338 g/mol. The van der Waals surface area contributed by atoms with Gasteiger partial charge in [0.1, 0.15) is 0 Å². The number of nitrogens with two attached hydrogens (primary N) is 1. The third-order valence-electron chi connectivity index (χ3n) is 4.33. The maximum atomic E-state index is 12.6. The number of benzene rings is 1. The van der Waals surface area contributed by atoms with Crippen LogP contribution in [0, 0.1) is 0 Å². The molecule has 0 saturated carbocycles. The molecule has 1 aromatic rings. The molecule has 3 rings (SSSR count). The molecule has 4 nitrogen and oxygen atoms in total. The fraction of sp³-hybridized carbons (Fsp3) is 0.533. The first-order chi connectivity index (χ1) is 9.65. The van der Waals surface area contributed by atoms with Gasteiger partial charge in [0.25, 0.3) is 5.91 Å². The molecular formula is C15H20BrN3O. The number of hydrogen-bond acceptors (Lipinski definition) is 3. The lowest BCUT2D eigenvalue weighted by atomic mass is 10.2. The summed E-state index contributed by atoms with van der Waals surface area (Å²) < 4.78 is 0.821. The summed E-state index contributed by atoms with van der Waals surface area (Å²) in [6.45, 7) is 4.07. The minimum Gasteiger partial charge on any atom is -0.399 e. The Morgan fingerprint density at radius 1 is 1.25 bits per heavy atom. The number of amides is 1. The third kappa shape index (κ3) is 2.69. The van der Waals surface area contributed by atoms with Gasteiger partial charge in [-0.3, -0.25) is 9.69 Å². The van der Waals surface area contributed by atoms with Crippen molar-refractivity contribution in [1.82, 2.24) is 9.80 Å². The number of hydrogen-bond donors (Lipinski definition) is 1. The molecule has 2 heterocycles. The Morgan fingerprint density at radius 3 is 2.75 bits per heavy atom. The highest BCUT2D eigenvalue weighted by molar-refractivity contribution is 9.10. The number of carbonyl (C=O) groups excluding carboxylic acids is 1. The largest absolute Gasteiger partial charge is 0.399 e. The van der Waals surface area contributed by atoms with Crippen molar-refractivity contribution in [1.29, 1.82) is 0 Å².